The number of nitrogen functional groups attached to an aromatic ring is 1. The van der Waals surface area contributed by atoms with Crippen LogP contribution in [-0.2, 0) is 0 Å². The van der Waals surface area contributed by atoms with Crippen molar-refractivity contribution in [2.45, 2.75) is 18.8 Å². The van der Waals surface area contributed by atoms with E-state index < -0.39 is 0 Å². The Labute approximate surface area is 91.1 Å². The Morgan fingerprint density at radius 1 is 1.38 bits per heavy atom. The zero-order valence-electron chi connectivity index (χ0n) is 8.47. The third kappa shape index (κ3) is 1.42. The summed E-state index contributed by atoms with van der Waals surface area (Å²) in [6.07, 6.45) is 2.12. The molecule has 1 aliphatic carbocycles. The zero-order valence-corrected chi connectivity index (χ0v) is 8.47. The van der Waals surface area contributed by atoms with Crippen LogP contribution in [0.1, 0.15) is 24.6 Å². The van der Waals surface area contributed by atoms with E-state index in [1.165, 1.54) is 22.9 Å². The average Bonchev–Trinajstić information content (AvgIpc) is 3.01. The first kappa shape index (κ1) is 9.26. The lowest BCUT2D eigenvalue weighted by Crippen LogP contribution is -2.05. The number of nitrogens with two attached hydrogens (primary N) is 1. The fraction of sp³-hybridized carbons (Fsp3) is 0.300. The topological polar surface area (TPSA) is 69.6 Å². The van der Waals surface area contributed by atoms with Gasteiger partial charge in [-0.2, -0.15) is 4.68 Å². The zero-order chi connectivity index (χ0) is 11.1. The quantitative estimate of drug-likeness (QED) is 0.772. The van der Waals surface area contributed by atoms with Crippen LogP contribution in [0.5, 0.6) is 0 Å². The van der Waals surface area contributed by atoms with E-state index >= 15 is 0 Å². The molecule has 0 saturated heterocycles. The van der Waals surface area contributed by atoms with Crippen LogP contribution in [0.4, 0.5) is 10.1 Å². The van der Waals surface area contributed by atoms with Crippen molar-refractivity contribution in [2.24, 2.45) is 0 Å². The van der Waals surface area contributed by atoms with Gasteiger partial charge in [-0.25, -0.2) is 4.39 Å². The molecule has 2 aromatic rings. The Morgan fingerprint density at radius 3 is 2.94 bits per heavy atom. The van der Waals surface area contributed by atoms with Crippen molar-refractivity contribution >= 4 is 5.69 Å². The molecule has 16 heavy (non-hydrogen) atoms. The molecule has 0 spiro atoms. The van der Waals surface area contributed by atoms with E-state index in [-0.39, 0.29) is 5.82 Å². The van der Waals surface area contributed by atoms with Crippen LogP contribution < -0.4 is 5.73 Å². The minimum Gasteiger partial charge on any atom is -0.399 e. The van der Waals surface area contributed by atoms with Crippen molar-refractivity contribution in [1.29, 1.82) is 0 Å². The first-order chi connectivity index (χ1) is 7.75. The van der Waals surface area contributed by atoms with E-state index in [9.17, 15) is 4.39 Å². The highest BCUT2D eigenvalue weighted by Gasteiger charge is 2.30. The normalized spacial score (nSPS) is 15.3. The molecule has 1 heterocycles. The molecule has 0 unspecified atom stereocenters. The summed E-state index contributed by atoms with van der Waals surface area (Å²) in [7, 11) is 0. The van der Waals surface area contributed by atoms with Crippen LogP contribution in [0, 0.1) is 5.82 Å². The van der Waals surface area contributed by atoms with Gasteiger partial charge in [0.05, 0.1) is 0 Å². The molecule has 0 bridgehead atoms. The van der Waals surface area contributed by atoms with E-state index in [1.807, 2.05) is 0 Å². The Morgan fingerprint density at radius 2 is 2.19 bits per heavy atom. The maximum Gasteiger partial charge on any atom is 0.159 e. The molecule has 1 aromatic heterocycles. The highest BCUT2D eigenvalue weighted by Crippen LogP contribution is 2.39. The van der Waals surface area contributed by atoms with Crippen LogP contribution in [0.3, 0.4) is 0 Å². The number of aromatic nitrogens is 4. The van der Waals surface area contributed by atoms with E-state index in [2.05, 4.69) is 15.5 Å². The summed E-state index contributed by atoms with van der Waals surface area (Å²) in [5.41, 5.74) is 6.43. The predicted octanol–water partition coefficient (Wildman–Crippen LogP) is 1.26. The summed E-state index contributed by atoms with van der Waals surface area (Å²) in [6, 6.07) is 4.38. The SMILES string of the molecule is Nc1ccc(F)c(-n2nnnc2C2CC2)c1. The number of rotatable bonds is 2. The molecule has 0 amide bonds. The van der Waals surface area contributed by atoms with Crippen LogP contribution in [0.15, 0.2) is 18.2 Å². The molecule has 1 aromatic carbocycles. The minimum atomic E-state index is -0.372. The molecular formula is C10H10FN5. The van der Waals surface area contributed by atoms with Gasteiger partial charge in [0.2, 0.25) is 0 Å². The molecule has 82 valence electrons. The summed E-state index contributed by atoms with van der Waals surface area (Å²) in [4.78, 5) is 0. The molecule has 3 rings (SSSR count). The highest BCUT2D eigenvalue weighted by atomic mass is 19.1. The summed E-state index contributed by atoms with van der Waals surface area (Å²) in [5.74, 6) is 0.698. The summed E-state index contributed by atoms with van der Waals surface area (Å²) in [6.45, 7) is 0. The maximum absolute atomic E-state index is 13.6. The molecule has 1 saturated carbocycles. The van der Waals surface area contributed by atoms with E-state index in [4.69, 9.17) is 5.73 Å². The van der Waals surface area contributed by atoms with Crippen molar-refractivity contribution in [3.63, 3.8) is 0 Å². The van der Waals surface area contributed by atoms with Crippen LogP contribution in [0.25, 0.3) is 5.69 Å². The Bertz CT molecular complexity index is 532. The van der Waals surface area contributed by atoms with Gasteiger partial charge >= 0.3 is 0 Å². The highest BCUT2D eigenvalue weighted by molar-refractivity contribution is 5.48. The molecule has 5 nitrogen and oxygen atoms in total. The minimum absolute atomic E-state index is 0.312. The van der Waals surface area contributed by atoms with Crippen LogP contribution in [-0.4, -0.2) is 20.2 Å². The fourth-order valence-corrected chi connectivity index (χ4v) is 1.65. The Hall–Kier alpha value is -1.98. The number of halogens is 1. The van der Waals surface area contributed by atoms with E-state index in [1.54, 1.807) is 0 Å². The van der Waals surface area contributed by atoms with Gasteiger partial charge in [0.1, 0.15) is 11.5 Å². The standard InChI is InChI=1S/C10H10FN5/c11-8-4-3-7(12)5-9(8)16-10(6-1-2-6)13-14-15-16/h3-6H,1-2,12H2. The van der Waals surface area contributed by atoms with E-state index in [0.717, 1.165) is 12.8 Å². The molecular weight excluding hydrogens is 209 g/mol. The first-order valence-electron chi connectivity index (χ1n) is 5.09. The van der Waals surface area contributed by atoms with Crippen LogP contribution >= 0.6 is 0 Å². The number of benzene rings is 1. The molecule has 0 aliphatic heterocycles. The van der Waals surface area contributed by atoms with Crippen molar-refractivity contribution in [3.05, 3.63) is 29.8 Å². The molecule has 2 N–H and O–H groups in total. The first-order valence-corrected chi connectivity index (χ1v) is 5.09. The average molecular weight is 219 g/mol. The molecule has 0 radical (unpaired) electrons. The number of tetrazole rings is 1. The largest absolute Gasteiger partial charge is 0.399 e. The molecule has 1 fully saturated rings. The van der Waals surface area contributed by atoms with Crippen molar-refractivity contribution in [2.75, 3.05) is 5.73 Å². The summed E-state index contributed by atoms with van der Waals surface area (Å²) < 4.78 is 15.1. The number of hydrogen-bond acceptors (Lipinski definition) is 4. The third-order valence-electron chi connectivity index (χ3n) is 2.63. The fourth-order valence-electron chi connectivity index (χ4n) is 1.65. The molecule has 6 heteroatoms. The van der Waals surface area contributed by atoms with Gasteiger partial charge in [0.25, 0.3) is 0 Å². The van der Waals surface area contributed by atoms with Gasteiger partial charge in [0, 0.05) is 11.6 Å². The second-order valence-electron chi connectivity index (χ2n) is 3.93. The third-order valence-corrected chi connectivity index (χ3v) is 2.63. The van der Waals surface area contributed by atoms with Crippen molar-refractivity contribution < 1.29 is 4.39 Å². The second-order valence-corrected chi connectivity index (χ2v) is 3.93. The van der Waals surface area contributed by atoms with Crippen LogP contribution in [0.2, 0.25) is 0 Å². The lowest BCUT2D eigenvalue weighted by atomic mass is 10.2. The number of nitrogens with zero attached hydrogens (tertiary/aromatic N) is 4. The van der Waals surface area contributed by atoms with Gasteiger partial charge < -0.3 is 5.73 Å². The summed E-state index contributed by atoms with van der Waals surface area (Å²) in [5, 5.41) is 11.3. The number of hydrogen-bond donors (Lipinski definition) is 1. The van der Waals surface area contributed by atoms with Crippen molar-refractivity contribution in [3.8, 4) is 5.69 Å². The lowest BCUT2D eigenvalue weighted by Gasteiger charge is -2.05. The Kier molecular flexibility index (Phi) is 1.89. The van der Waals surface area contributed by atoms with Gasteiger partial charge in [-0.1, -0.05) is 0 Å². The van der Waals surface area contributed by atoms with Gasteiger partial charge in [-0.05, 0) is 41.5 Å². The molecule has 1 aliphatic rings. The number of anilines is 1. The monoisotopic (exact) mass is 219 g/mol. The molecule has 0 atom stereocenters. The van der Waals surface area contributed by atoms with E-state index in [0.29, 0.717) is 23.1 Å². The second kappa shape index (κ2) is 3.26. The lowest BCUT2D eigenvalue weighted by molar-refractivity contribution is 0.602. The smallest absolute Gasteiger partial charge is 0.159 e. The van der Waals surface area contributed by atoms with Gasteiger partial charge in [0.15, 0.2) is 5.82 Å². The predicted molar refractivity (Wildman–Crippen MR) is 55.5 cm³/mol. The maximum atomic E-state index is 13.6. The van der Waals surface area contributed by atoms with Crippen molar-refractivity contribution in [1.82, 2.24) is 20.2 Å². The van der Waals surface area contributed by atoms with Gasteiger partial charge in [-0.15, -0.1) is 5.10 Å². The summed E-state index contributed by atoms with van der Waals surface area (Å²) >= 11 is 0. The van der Waals surface area contributed by atoms with Gasteiger partial charge in [-0.3, -0.25) is 0 Å². The Balaban J connectivity index is 2.13.